The predicted molar refractivity (Wildman–Crippen MR) is 73.7 cm³/mol. The van der Waals surface area contributed by atoms with Crippen LogP contribution in [0.2, 0.25) is 0 Å². The Hall–Kier alpha value is -2.56. The lowest BCUT2D eigenvalue weighted by molar-refractivity contribution is 0.686. The molecular weight excluding hydrogens is 238 g/mol. The monoisotopic (exact) mass is 253 g/mol. The van der Waals surface area contributed by atoms with Crippen LogP contribution in [0.3, 0.4) is 0 Å². The number of benzene rings is 1. The van der Waals surface area contributed by atoms with E-state index >= 15 is 0 Å². The van der Waals surface area contributed by atoms with Crippen LogP contribution in [0.4, 0.5) is 5.69 Å². The van der Waals surface area contributed by atoms with Crippen molar-refractivity contribution in [1.82, 2.24) is 20.0 Å². The number of H-pyrrole nitrogens is 1. The minimum absolute atomic E-state index is 0.744. The van der Waals surface area contributed by atoms with E-state index < -0.39 is 0 Å². The van der Waals surface area contributed by atoms with Crippen LogP contribution in [0.15, 0.2) is 55.1 Å². The van der Waals surface area contributed by atoms with Crippen LogP contribution >= 0.6 is 0 Å². The Morgan fingerprint density at radius 3 is 2.79 bits per heavy atom. The van der Waals surface area contributed by atoms with Gasteiger partial charge < -0.3 is 5.32 Å². The molecule has 0 fully saturated rings. The van der Waals surface area contributed by atoms with E-state index in [0.717, 1.165) is 24.3 Å². The second kappa shape index (κ2) is 5.39. The summed E-state index contributed by atoms with van der Waals surface area (Å²) in [6, 6.07) is 10.3. The number of aromatic amines is 1. The third-order valence-corrected chi connectivity index (χ3v) is 2.87. The van der Waals surface area contributed by atoms with Gasteiger partial charge in [0.15, 0.2) is 0 Å². The van der Waals surface area contributed by atoms with Gasteiger partial charge in [0.25, 0.3) is 0 Å². The molecule has 2 heterocycles. The van der Waals surface area contributed by atoms with Crippen molar-refractivity contribution in [3.8, 4) is 0 Å². The lowest BCUT2D eigenvalue weighted by Gasteiger charge is -2.01. The quantitative estimate of drug-likeness (QED) is 0.733. The van der Waals surface area contributed by atoms with Crippen molar-refractivity contribution < 1.29 is 0 Å². The maximum Gasteiger partial charge on any atom is 0.0726 e. The second-order valence-corrected chi connectivity index (χ2v) is 4.37. The van der Waals surface area contributed by atoms with Gasteiger partial charge in [0.1, 0.15) is 0 Å². The fourth-order valence-electron chi connectivity index (χ4n) is 1.91. The molecule has 0 atom stereocenters. The number of anilines is 1. The van der Waals surface area contributed by atoms with E-state index in [1.807, 2.05) is 35.3 Å². The third-order valence-electron chi connectivity index (χ3n) is 2.87. The van der Waals surface area contributed by atoms with Gasteiger partial charge in [0.2, 0.25) is 0 Å². The van der Waals surface area contributed by atoms with E-state index in [9.17, 15) is 0 Å². The minimum Gasteiger partial charge on any atom is -0.378 e. The van der Waals surface area contributed by atoms with Gasteiger partial charge in [-0.25, -0.2) is 0 Å². The molecule has 1 aromatic carbocycles. The molecule has 0 amide bonds. The molecule has 0 saturated carbocycles. The first-order valence-electron chi connectivity index (χ1n) is 6.18. The zero-order valence-corrected chi connectivity index (χ0v) is 10.5. The predicted octanol–water partition coefficient (Wildman–Crippen LogP) is 2.27. The molecule has 0 aliphatic rings. The molecule has 0 bridgehead atoms. The molecule has 3 rings (SSSR count). The smallest absolute Gasteiger partial charge is 0.0726 e. The molecule has 0 spiro atoms. The van der Waals surface area contributed by atoms with Crippen molar-refractivity contribution in [1.29, 1.82) is 0 Å². The summed E-state index contributed by atoms with van der Waals surface area (Å²) in [4.78, 5) is 0. The summed E-state index contributed by atoms with van der Waals surface area (Å²) in [5.41, 5.74) is 3.38. The number of aromatic nitrogens is 4. The Bertz CT molecular complexity index is 612. The summed E-state index contributed by atoms with van der Waals surface area (Å²) in [6.45, 7) is 1.54. The topological polar surface area (TPSA) is 58.5 Å². The van der Waals surface area contributed by atoms with E-state index in [0.29, 0.717) is 0 Å². The van der Waals surface area contributed by atoms with Gasteiger partial charge in [-0.15, -0.1) is 0 Å². The standard InChI is InChI=1S/C14H15N5/c1-2-4-12(5-3-1)10-19-11-13(7-18-19)6-15-14-8-16-17-9-14/h1-5,7-9,11,15H,6,10H2,(H,16,17). The Morgan fingerprint density at radius 2 is 2.00 bits per heavy atom. The fourth-order valence-corrected chi connectivity index (χ4v) is 1.91. The summed E-state index contributed by atoms with van der Waals surface area (Å²) in [6.07, 6.45) is 7.53. The number of nitrogens with one attached hydrogen (secondary N) is 2. The molecule has 0 aliphatic carbocycles. The van der Waals surface area contributed by atoms with Gasteiger partial charge in [-0.05, 0) is 5.56 Å². The van der Waals surface area contributed by atoms with E-state index in [1.165, 1.54) is 5.56 Å². The van der Waals surface area contributed by atoms with Crippen LogP contribution in [0.1, 0.15) is 11.1 Å². The van der Waals surface area contributed by atoms with Gasteiger partial charge in [-0.3, -0.25) is 9.78 Å². The van der Waals surface area contributed by atoms with Gasteiger partial charge in [-0.2, -0.15) is 10.2 Å². The molecule has 96 valence electrons. The number of rotatable bonds is 5. The van der Waals surface area contributed by atoms with Crippen LogP contribution in [-0.4, -0.2) is 20.0 Å². The Morgan fingerprint density at radius 1 is 1.11 bits per heavy atom. The summed E-state index contributed by atoms with van der Waals surface area (Å²) >= 11 is 0. The molecule has 19 heavy (non-hydrogen) atoms. The molecule has 5 nitrogen and oxygen atoms in total. The average molecular weight is 253 g/mol. The van der Waals surface area contributed by atoms with E-state index in [4.69, 9.17) is 0 Å². The number of nitrogens with zero attached hydrogens (tertiary/aromatic N) is 3. The van der Waals surface area contributed by atoms with Gasteiger partial charge in [0.05, 0.1) is 24.6 Å². The lowest BCUT2D eigenvalue weighted by atomic mass is 10.2. The fraction of sp³-hybridized carbons (Fsp3) is 0.143. The molecule has 2 N–H and O–H groups in total. The van der Waals surface area contributed by atoms with Gasteiger partial charge in [-0.1, -0.05) is 30.3 Å². The SMILES string of the molecule is c1ccc(Cn2cc(CNc3cn[nH]c3)cn2)cc1. The highest BCUT2D eigenvalue weighted by molar-refractivity contribution is 5.38. The summed E-state index contributed by atoms with van der Waals surface area (Å²) in [5.74, 6) is 0. The third kappa shape index (κ3) is 3.01. The van der Waals surface area contributed by atoms with Crippen molar-refractivity contribution in [2.24, 2.45) is 0 Å². The first-order valence-corrected chi connectivity index (χ1v) is 6.18. The van der Waals surface area contributed by atoms with Crippen molar-refractivity contribution >= 4 is 5.69 Å². The summed E-state index contributed by atoms with van der Waals surface area (Å²) < 4.78 is 1.95. The molecule has 0 radical (unpaired) electrons. The first kappa shape index (κ1) is 11.5. The van der Waals surface area contributed by atoms with Gasteiger partial charge >= 0.3 is 0 Å². The zero-order valence-electron chi connectivity index (χ0n) is 10.5. The largest absolute Gasteiger partial charge is 0.378 e. The normalized spacial score (nSPS) is 10.5. The lowest BCUT2D eigenvalue weighted by Crippen LogP contribution is -2.00. The molecule has 3 aromatic rings. The summed E-state index contributed by atoms with van der Waals surface area (Å²) in [7, 11) is 0. The molecule has 2 aromatic heterocycles. The summed E-state index contributed by atoms with van der Waals surface area (Å²) in [5, 5.41) is 14.3. The minimum atomic E-state index is 0.744. The molecule has 0 aliphatic heterocycles. The molecular formula is C14H15N5. The molecule has 0 unspecified atom stereocenters. The van der Waals surface area contributed by atoms with E-state index in [2.05, 4.69) is 38.9 Å². The van der Waals surface area contributed by atoms with Crippen molar-refractivity contribution in [3.05, 3.63) is 66.2 Å². The average Bonchev–Trinajstić information content (AvgIpc) is 3.09. The van der Waals surface area contributed by atoms with Crippen LogP contribution in [0.25, 0.3) is 0 Å². The highest BCUT2D eigenvalue weighted by Gasteiger charge is 2.00. The van der Waals surface area contributed by atoms with Crippen molar-refractivity contribution in [2.75, 3.05) is 5.32 Å². The maximum absolute atomic E-state index is 4.36. The van der Waals surface area contributed by atoms with E-state index in [1.54, 1.807) is 6.20 Å². The number of hydrogen-bond donors (Lipinski definition) is 2. The first-order chi connectivity index (χ1) is 9.40. The van der Waals surface area contributed by atoms with Gasteiger partial charge in [0, 0.05) is 24.5 Å². The van der Waals surface area contributed by atoms with Crippen LogP contribution in [-0.2, 0) is 13.1 Å². The van der Waals surface area contributed by atoms with Crippen LogP contribution < -0.4 is 5.32 Å². The molecule has 0 saturated heterocycles. The van der Waals surface area contributed by atoms with Crippen molar-refractivity contribution in [3.63, 3.8) is 0 Å². The second-order valence-electron chi connectivity index (χ2n) is 4.37. The van der Waals surface area contributed by atoms with E-state index in [-0.39, 0.29) is 0 Å². The Balaban J connectivity index is 1.60. The Labute approximate surface area is 111 Å². The molecule has 5 heteroatoms. The van der Waals surface area contributed by atoms with Crippen molar-refractivity contribution in [2.45, 2.75) is 13.1 Å². The Kier molecular flexibility index (Phi) is 3.27. The highest BCUT2D eigenvalue weighted by atomic mass is 15.3. The van der Waals surface area contributed by atoms with Crippen LogP contribution in [0, 0.1) is 0 Å². The zero-order chi connectivity index (χ0) is 12.9. The number of hydrogen-bond acceptors (Lipinski definition) is 3. The maximum atomic E-state index is 4.36. The van der Waals surface area contributed by atoms with Crippen LogP contribution in [0.5, 0.6) is 0 Å². The highest BCUT2D eigenvalue weighted by Crippen LogP contribution is 2.07.